The Hall–Kier alpha value is -2.96. The Morgan fingerprint density at radius 2 is 1.77 bits per heavy atom. The lowest BCUT2D eigenvalue weighted by molar-refractivity contribution is -0.135. The van der Waals surface area contributed by atoms with E-state index in [1.165, 1.54) is 4.90 Å². The quantitative estimate of drug-likeness (QED) is 0.754. The smallest absolute Gasteiger partial charge is 0.411 e. The number of benzene rings is 1. The fourth-order valence-corrected chi connectivity index (χ4v) is 3.91. The lowest BCUT2D eigenvalue weighted by Gasteiger charge is -2.30. The predicted molar refractivity (Wildman–Crippen MR) is 113 cm³/mol. The summed E-state index contributed by atoms with van der Waals surface area (Å²) in [5, 5.41) is 0. The zero-order valence-electron chi connectivity index (χ0n) is 18.0. The molecule has 1 aromatic heterocycles. The van der Waals surface area contributed by atoms with Crippen LogP contribution in [0.25, 0.3) is 11.4 Å². The van der Waals surface area contributed by atoms with E-state index in [-0.39, 0.29) is 12.5 Å². The third-order valence-corrected chi connectivity index (χ3v) is 5.42. The van der Waals surface area contributed by atoms with Crippen molar-refractivity contribution in [1.29, 1.82) is 0 Å². The topological polar surface area (TPSA) is 75.6 Å². The number of aromatic nitrogens is 2. The van der Waals surface area contributed by atoms with Gasteiger partial charge in [0.05, 0.1) is 12.2 Å². The van der Waals surface area contributed by atoms with Gasteiger partial charge < -0.3 is 9.64 Å². The summed E-state index contributed by atoms with van der Waals surface area (Å²) in [7, 11) is 0. The van der Waals surface area contributed by atoms with Crippen molar-refractivity contribution in [1.82, 2.24) is 19.8 Å². The molecule has 2 aliphatic heterocycles. The molecule has 2 amide bonds. The first-order chi connectivity index (χ1) is 14.2. The van der Waals surface area contributed by atoms with Crippen LogP contribution >= 0.6 is 0 Å². The Balaban J connectivity index is 1.69. The molecule has 0 aliphatic carbocycles. The van der Waals surface area contributed by atoms with Crippen LogP contribution in [-0.4, -0.2) is 50.5 Å². The highest BCUT2D eigenvalue weighted by Gasteiger charge is 2.43. The number of rotatable bonds is 2. The number of nitrogens with zero attached hydrogens (tertiary/aromatic N) is 4. The molecule has 1 unspecified atom stereocenters. The third-order valence-electron chi connectivity index (χ3n) is 5.42. The number of aryl methyl sites for hydroxylation is 1. The van der Waals surface area contributed by atoms with Crippen LogP contribution in [0.3, 0.4) is 0 Å². The van der Waals surface area contributed by atoms with Crippen LogP contribution < -0.4 is 0 Å². The molecule has 4 rings (SSSR count). The second-order valence-corrected chi connectivity index (χ2v) is 9.00. The van der Waals surface area contributed by atoms with Crippen LogP contribution in [0.5, 0.6) is 0 Å². The van der Waals surface area contributed by atoms with Gasteiger partial charge in [0.1, 0.15) is 11.6 Å². The first-order valence-corrected chi connectivity index (χ1v) is 10.4. The first kappa shape index (κ1) is 20.3. The largest absolute Gasteiger partial charge is 0.444 e. The van der Waals surface area contributed by atoms with E-state index in [0.717, 1.165) is 37.1 Å². The van der Waals surface area contributed by atoms with Gasteiger partial charge in [0.15, 0.2) is 5.82 Å². The Kier molecular flexibility index (Phi) is 5.22. The van der Waals surface area contributed by atoms with Gasteiger partial charge in [0, 0.05) is 30.4 Å². The van der Waals surface area contributed by atoms with E-state index < -0.39 is 17.7 Å². The normalized spacial score (nSPS) is 18.5. The van der Waals surface area contributed by atoms with Gasteiger partial charge in [-0.3, -0.25) is 9.69 Å². The maximum atomic E-state index is 13.3. The van der Waals surface area contributed by atoms with Crippen molar-refractivity contribution in [2.24, 2.45) is 0 Å². The molecular formula is C23H28N4O3. The van der Waals surface area contributed by atoms with Crippen LogP contribution in [0.4, 0.5) is 4.79 Å². The van der Waals surface area contributed by atoms with Crippen molar-refractivity contribution in [2.45, 2.75) is 58.7 Å². The first-order valence-electron chi connectivity index (χ1n) is 10.4. The van der Waals surface area contributed by atoms with E-state index in [2.05, 4.69) is 4.98 Å². The summed E-state index contributed by atoms with van der Waals surface area (Å²) in [6.45, 7) is 9.16. The molecule has 0 spiro atoms. The molecule has 7 heteroatoms. The number of amides is 2. The average molecular weight is 409 g/mol. The van der Waals surface area contributed by atoms with Gasteiger partial charge in [-0.15, -0.1) is 0 Å². The molecule has 0 radical (unpaired) electrons. The SMILES string of the molecule is Cc1ccc(-c2ncc3c(n2)CN(C(=O)OC(C)(C)C)C3C(=O)N2CCCC2)cc1. The van der Waals surface area contributed by atoms with Crippen LogP contribution in [0.2, 0.25) is 0 Å². The molecule has 0 N–H and O–H groups in total. The van der Waals surface area contributed by atoms with Crippen LogP contribution in [0.15, 0.2) is 30.5 Å². The second kappa shape index (κ2) is 7.70. The van der Waals surface area contributed by atoms with Gasteiger partial charge in [0.25, 0.3) is 0 Å². The Morgan fingerprint density at radius 1 is 1.10 bits per heavy atom. The van der Waals surface area contributed by atoms with Crippen molar-refractivity contribution in [2.75, 3.05) is 13.1 Å². The highest BCUT2D eigenvalue weighted by Crippen LogP contribution is 2.36. The Bertz CT molecular complexity index is 959. The monoisotopic (exact) mass is 408 g/mol. The van der Waals surface area contributed by atoms with E-state index in [1.807, 2.05) is 56.9 Å². The van der Waals surface area contributed by atoms with E-state index in [1.54, 1.807) is 6.20 Å². The molecule has 0 saturated carbocycles. The van der Waals surface area contributed by atoms with Crippen LogP contribution in [0, 0.1) is 6.92 Å². The van der Waals surface area contributed by atoms with Gasteiger partial charge in [-0.1, -0.05) is 29.8 Å². The van der Waals surface area contributed by atoms with E-state index in [0.29, 0.717) is 17.1 Å². The highest BCUT2D eigenvalue weighted by atomic mass is 16.6. The fourth-order valence-electron chi connectivity index (χ4n) is 3.91. The summed E-state index contributed by atoms with van der Waals surface area (Å²) in [4.78, 5) is 38.8. The third kappa shape index (κ3) is 4.01. The summed E-state index contributed by atoms with van der Waals surface area (Å²) in [5.41, 5.74) is 2.80. The van der Waals surface area contributed by atoms with Crippen molar-refractivity contribution in [3.63, 3.8) is 0 Å². The molecule has 3 heterocycles. The van der Waals surface area contributed by atoms with Gasteiger partial charge >= 0.3 is 6.09 Å². The Morgan fingerprint density at radius 3 is 2.40 bits per heavy atom. The minimum Gasteiger partial charge on any atom is -0.444 e. The summed E-state index contributed by atoms with van der Waals surface area (Å²) >= 11 is 0. The van der Waals surface area contributed by atoms with E-state index >= 15 is 0 Å². The summed E-state index contributed by atoms with van der Waals surface area (Å²) in [6, 6.07) is 7.24. The number of hydrogen-bond donors (Lipinski definition) is 0. The lowest BCUT2D eigenvalue weighted by Crippen LogP contribution is -2.43. The molecule has 2 aromatic rings. The number of fused-ring (bicyclic) bond motifs is 1. The van der Waals surface area contributed by atoms with Gasteiger partial charge in [-0.05, 0) is 40.5 Å². The lowest BCUT2D eigenvalue weighted by atomic mass is 10.1. The van der Waals surface area contributed by atoms with E-state index in [4.69, 9.17) is 9.72 Å². The number of likely N-dealkylation sites (tertiary alicyclic amines) is 1. The zero-order chi connectivity index (χ0) is 21.5. The molecule has 0 bridgehead atoms. The molecule has 2 aliphatic rings. The number of ether oxygens (including phenoxy) is 1. The van der Waals surface area contributed by atoms with Crippen LogP contribution in [-0.2, 0) is 16.1 Å². The number of carbonyl (C=O) groups is 2. The number of carbonyl (C=O) groups excluding carboxylic acids is 2. The van der Waals surface area contributed by atoms with Crippen molar-refractivity contribution in [3.05, 3.63) is 47.3 Å². The summed E-state index contributed by atoms with van der Waals surface area (Å²) in [5.74, 6) is 0.510. The molecule has 158 valence electrons. The highest BCUT2D eigenvalue weighted by molar-refractivity contribution is 5.88. The minimum atomic E-state index is -0.736. The summed E-state index contributed by atoms with van der Waals surface area (Å²) < 4.78 is 5.59. The average Bonchev–Trinajstić information content (AvgIpc) is 3.34. The maximum absolute atomic E-state index is 13.3. The molecule has 1 atom stereocenters. The van der Waals surface area contributed by atoms with Crippen LogP contribution in [0.1, 0.15) is 56.5 Å². The van der Waals surface area contributed by atoms with Crippen molar-refractivity contribution >= 4 is 12.0 Å². The maximum Gasteiger partial charge on any atom is 0.411 e. The molecule has 1 aromatic carbocycles. The predicted octanol–water partition coefficient (Wildman–Crippen LogP) is 3.87. The molecular weight excluding hydrogens is 380 g/mol. The minimum absolute atomic E-state index is 0.0798. The van der Waals surface area contributed by atoms with Gasteiger partial charge in [0.2, 0.25) is 5.91 Å². The standard InChI is InChI=1S/C23H28N4O3/c1-15-7-9-16(10-8-15)20-24-13-17-18(25-20)14-27(22(29)30-23(2,3)4)19(17)21(28)26-11-5-6-12-26/h7-10,13,19H,5-6,11-12,14H2,1-4H3. The fraction of sp³-hybridized carbons (Fsp3) is 0.478. The molecule has 7 nitrogen and oxygen atoms in total. The van der Waals surface area contributed by atoms with Crippen molar-refractivity contribution < 1.29 is 14.3 Å². The Labute approximate surface area is 177 Å². The zero-order valence-corrected chi connectivity index (χ0v) is 18.0. The molecule has 1 fully saturated rings. The second-order valence-electron chi connectivity index (χ2n) is 9.00. The number of hydrogen-bond acceptors (Lipinski definition) is 5. The van der Waals surface area contributed by atoms with Gasteiger partial charge in [-0.2, -0.15) is 0 Å². The summed E-state index contributed by atoms with van der Waals surface area (Å²) in [6.07, 6.45) is 3.16. The van der Waals surface area contributed by atoms with Crippen molar-refractivity contribution in [3.8, 4) is 11.4 Å². The molecule has 30 heavy (non-hydrogen) atoms. The van der Waals surface area contributed by atoms with Gasteiger partial charge in [-0.25, -0.2) is 14.8 Å². The van der Waals surface area contributed by atoms with E-state index in [9.17, 15) is 9.59 Å². The molecule has 1 saturated heterocycles.